The lowest BCUT2D eigenvalue weighted by molar-refractivity contribution is 0.170. The molecule has 0 bridgehead atoms. The molecule has 2 aromatic rings. The highest BCUT2D eigenvalue weighted by Gasteiger charge is 2.32. The van der Waals surface area contributed by atoms with Crippen LogP contribution in [-0.4, -0.2) is 70.1 Å². The molecule has 3 rings (SSSR count). The average Bonchev–Trinajstić information content (AvgIpc) is 2.76. The molecule has 1 saturated heterocycles. The zero-order chi connectivity index (χ0) is 22.4. The number of benzene rings is 2. The molecule has 0 aromatic heterocycles. The monoisotopic (exact) mass is 487 g/mol. The van der Waals surface area contributed by atoms with Gasteiger partial charge in [0.2, 0.25) is 10.0 Å². The summed E-state index contributed by atoms with van der Waals surface area (Å²) in [6, 6.07) is 11.5. The first kappa shape index (κ1) is 23.5. The van der Waals surface area contributed by atoms with Crippen molar-refractivity contribution in [2.45, 2.75) is 4.90 Å². The van der Waals surface area contributed by atoms with Gasteiger partial charge in [0.25, 0.3) is 0 Å². The first-order valence-electron chi connectivity index (χ1n) is 9.57. The molecule has 0 saturated carbocycles. The molecule has 0 spiro atoms. The fraction of sp³-hybridized carbons (Fsp3) is 0.350. The summed E-state index contributed by atoms with van der Waals surface area (Å²) in [6.45, 7) is 1.36. The van der Waals surface area contributed by atoms with Crippen LogP contribution in [0.2, 0.25) is 10.0 Å². The molecule has 168 valence electrons. The molecule has 1 heterocycles. The summed E-state index contributed by atoms with van der Waals surface area (Å²) in [5, 5.41) is 2.92. The third-order valence-electron chi connectivity index (χ3n) is 4.75. The van der Waals surface area contributed by atoms with Gasteiger partial charge in [0.15, 0.2) is 11.5 Å². The van der Waals surface area contributed by atoms with Crippen molar-refractivity contribution >= 4 is 39.3 Å². The van der Waals surface area contributed by atoms with Crippen molar-refractivity contribution in [3.63, 3.8) is 0 Å². The summed E-state index contributed by atoms with van der Waals surface area (Å²) in [7, 11) is -2.29. The Balaban J connectivity index is 1.48. The van der Waals surface area contributed by atoms with Crippen LogP contribution < -0.4 is 14.8 Å². The molecular weight excluding hydrogens is 465 g/mol. The summed E-state index contributed by atoms with van der Waals surface area (Å²) in [5.41, 5.74) is 0. The van der Waals surface area contributed by atoms with E-state index in [0.29, 0.717) is 18.0 Å². The number of halogens is 2. The van der Waals surface area contributed by atoms with Gasteiger partial charge in [0, 0.05) is 26.2 Å². The minimum Gasteiger partial charge on any atom is -0.493 e. The number of rotatable bonds is 7. The Morgan fingerprint density at radius 3 is 2.23 bits per heavy atom. The number of nitrogens with one attached hydrogen (secondary N) is 1. The number of hydrogen-bond donors (Lipinski definition) is 1. The third kappa shape index (κ3) is 5.54. The first-order valence-corrected chi connectivity index (χ1v) is 11.8. The molecule has 1 fully saturated rings. The number of amides is 2. The van der Waals surface area contributed by atoms with Crippen LogP contribution in [0.15, 0.2) is 47.4 Å². The maximum Gasteiger partial charge on any atom is 0.317 e. The van der Waals surface area contributed by atoms with E-state index in [4.69, 9.17) is 32.7 Å². The van der Waals surface area contributed by atoms with Gasteiger partial charge in [-0.05, 0) is 24.3 Å². The highest BCUT2D eigenvalue weighted by molar-refractivity contribution is 7.89. The van der Waals surface area contributed by atoms with E-state index in [1.165, 1.54) is 16.4 Å². The molecule has 0 radical (unpaired) electrons. The van der Waals surface area contributed by atoms with E-state index >= 15 is 0 Å². The summed E-state index contributed by atoms with van der Waals surface area (Å²) in [5.74, 6) is 1.21. The standard InChI is InChI=1S/C20H23Cl2N3O5S/c1-29-17-7-2-3-8-18(17)30-14-9-23-20(26)24-10-12-25(13-11-24)31(27,28)19-15(21)5-4-6-16(19)22/h2-8H,9-14H2,1H3,(H,23,26). The highest BCUT2D eigenvalue weighted by atomic mass is 35.5. The van der Waals surface area contributed by atoms with Gasteiger partial charge in [0.05, 0.1) is 23.7 Å². The SMILES string of the molecule is COc1ccccc1OCCNC(=O)N1CCN(S(=O)(=O)c2c(Cl)cccc2Cl)CC1. The number of carbonyl (C=O) groups is 1. The van der Waals surface area contributed by atoms with Crippen molar-refractivity contribution in [1.82, 2.24) is 14.5 Å². The molecular formula is C20H23Cl2N3O5S. The normalized spacial score (nSPS) is 14.9. The number of piperazine rings is 1. The lowest BCUT2D eigenvalue weighted by Gasteiger charge is -2.34. The summed E-state index contributed by atoms with van der Waals surface area (Å²) in [6.07, 6.45) is 0. The number of carbonyl (C=O) groups excluding carboxylic acids is 1. The van der Waals surface area contributed by atoms with Crippen LogP contribution in [0.1, 0.15) is 0 Å². The second kappa shape index (κ2) is 10.4. The number of nitrogens with zero attached hydrogens (tertiary/aromatic N) is 2. The van der Waals surface area contributed by atoms with Gasteiger partial charge in [-0.1, -0.05) is 41.4 Å². The summed E-state index contributed by atoms with van der Waals surface area (Å²) < 4.78 is 38.0. The Labute approximate surface area is 191 Å². The van der Waals surface area contributed by atoms with Crippen LogP contribution in [0.3, 0.4) is 0 Å². The maximum atomic E-state index is 12.9. The Bertz CT molecular complexity index is 1010. The fourth-order valence-corrected chi connectivity index (χ4v) is 5.67. The second-order valence-corrected chi connectivity index (χ2v) is 9.36. The molecule has 11 heteroatoms. The van der Waals surface area contributed by atoms with Crippen molar-refractivity contribution in [3.05, 3.63) is 52.5 Å². The van der Waals surface area contributed by atoms with Crippen molar-refractivity contribution in [2.24, 2.45) is 0 Å². The lowest BCUT2D eigenvalue weighted by atomic mass is 10.3. The first-order chi connectivity index (χ1) is 14.8. The number of ether oxygens (including phenoxy) is 2. The molecule has 31 heavy (non-hydrogen) atoms. The van der Waals surface area contributed by atoms with Crippen LogP contribution >= 0.6 is 23.2 Å². The second-order valence-electron chi connectivity index (χ2n) is 6.67. The maximum absolute atomic E-state index is 12.9. The molecule has 2 aromatic carbocycles. The van der Waals surface area contributed by atoms with Crippen molar-refractivity contribution in [1.29, 1.82) is 0 Å². The lowest BCUT2D eigenvalue weighted by Crippen LogP contribution is -2.53. The zero-order valence-corrected chi connectivity index (χ0v) is 19.2. The largest absolute Gasteiger partial charge is 0.493 e. The Kier molecular flexibility index (Phi) is 7.88. The molecule has 1 aliphatic heterocycles. The minimum absolute atomic E-state index is 0.0720. The molecule has 0 aliphatic carbocycles. The van der Waals surface area contributed by atoms with Crippen LogP contribution in [0.5, 0.6) is 11.5 Å². The van der Waals surface area contributed by atoms with Gasteiger partial charge in [-0.3, -0.25) is 0 Å². The highest BCUT2D eigenvalue weighted by Crippen LogP contribution is 2.32. The van der Waals surface area contributed by atoms with Crippen LogP contribution in [0, 0.1) is 0 Å². The van der Waals surface area contributed by atoms with Crippen molar-refractivity contribution in [3.8, 4) is 11.5 Å². The third-order valence-corrected chi connectivity index (χ3v) is 7.60. The van der Waals surface area contributed by atoms with Gasteiger partial charge in [-0.15, -0.1) is 0 Å². The number of sulfonamides is 1. The molecule has 2 amide bonds. The van der Waals surface area contributed by atoms with E-state index in [0.717, 1.165) is 0 Å². The number of methoxy groups -OCH3 is 1. The Morgan fingerprint density at radius 1 is 1.00 bits per heavy atom. The number of para-hydroxylation sites is 2. The van der Waals surface area contributed by atoms with E-state index in [9.17, 15) is 13.2 Å². The zero-order valence-electron chi connectivity index (χ0n) is 16.9. The number of hydrogen-bond acceptors (Lipinski definition) is 5. The van der Waals surface area contributed by atoms with E-state index in [1.54, 1.807) is 30.2 Å². The average molecular weight is 488 g/mol. The van der Waals surface area contributed by atoms with Gasteiger partial charge in [0.1, 0.15) is 11.5 Å². The predicted octanol–water partition coefficient (Wildman–Crippen LogP) is 3.10. The topological polar surface area (TPSA) is 88.2 Å². The van der Waals surface area contributed by atoms with Crippen molar-refractivity contribution in [2.75, 3.05) is 46.4 Å². The van der Waals surface area contributed by atoms with Gasteiger partial charge in [-0.25, -0.2) is 13.2 Å². The molecule has 0 atom stereocenters. The van der Waals surface area contributed by atoms with E-state index in [2.05, 4.69) is 5.32 Å². The van der Waals surface area contributed by atoms with Gasteiger partial charge >= 0.3 is 6.03 Å². The molecule has 8 nitrogen and oxygen atoms in total. The summed E-state index contributed by atoms with van der Waals surface area (Å²) in [4.78, 5) is 13.8. The number of urea groups is 1. The Morgan fingerprint density at radius 2 is 1.61 bits per heavy atom. The molecule has 0 unspecified atom stereocenters. The van der Waals surface area contributed by atoms with Crippen LogP contribution in [0.4, 0.5) is 4.79 Å². The van der Waals surface area contributed by atoms with E-state index in [-0.39, 0.29) is 53.8 Å². The van der Waals surface area contributed by atoms with E-state index in [1.807, 2.05) is 12.1 Å². The van der Waals surface area contributed by atoms with Crippen molar-refractivity contribution < 1.29 is 22.7 Å². The minimum atomic E-state index is -3.85. The van der Waals surface area contributed by atoms with Gasteiger partial charge < -0.3 is 19.7 Å². The fourth-order valence-electron chi connectivity index (χ4n) is 3.16. The molecule has 1 aliphatic rings. The van der Waals surface area contributed by atoms with E-state index < -0.39 is 10.0 Å². The predicted molar refractivity (Wildman–Crippen MR) is 119 cm³/mol. The van der Waals surface area contributed by atoms with Gasteiger partial charge in [-0.2, -0.15) is 4.31 Å². The van der Waals surface area contributed by atoms with Crippen LogP contribution in [-0.2, 0) is 10.0 Å². The quantitative estimate of drug-likeness (QED) is 0.606. The summed E-state index contributed by atoms with van der Waals surface area (Å²) >= 11 is 12.1. The Hall–Kier alpha value is -2.20. The van der Waals surface area contributed by atoms with Crippen LogP contribution in [0.25, 0.3) is 0 Å². The smallest absolute Gasteiger partial charge is 0.317 e. The molecule has 1 N–H and O–H groups in total.